The Morgan fingerprint density at radius 1 is 1.09 bits per heavy atom. The van der Waals surface area contributed by atoms with Crippen molar-refractivity contribution in [1.82, 2.24) is 15.2 Å². The zero-order valence-electron chi connectivity index (χ0n) is 18.1. The maximum Gasteiger partial charge on any atom is 0.410 e. The fraction of sp³-hybridized carbons (Fsp3) is 0.458. The molecule has 2 aromatic rings. The van der Waals surface area contributed by atoms with Gasteiger partial charge in [0.05, 0.1) is 0 Å². The number of rotatable bonds is 4. The van der Waals surface area contributed by atoms with Gasteiger partial charge < -0.3 is 24.8 Å². The van der Waals surface area contributed by atoms with Crippen LogP contribution in [0.2, 0.25) is 0 Å². The van der Waals surface area contributed by atoms with Gasteiger partial charge in [0.1, 0.15) is 24.2 Å². The highest BCUT2D eigenvalue weighted by molar-refractivity contribution is 5.68. The molecular weight excluding hydrogens is 404 g/mol. The SMILES string of the molecule is N#Cc1cc(N2CCN(C(=O)OCc3ccccc3)CC2)cc(N2C3CCC2CNC3)n1. The third-order valence-corrected chi connectivity index (χ3v) is 6.66. The van der Waals surface area contributed by atoms with Crippen LogP contribution < -0.4 is 15.1 Å². The van der Waals surface area contributed by atoms with E-state index in [9.17, 15) is 10.1 Å². The topological polar surface area (TPSA) is 84.7 Å². The minimum Gasteiger partial charge on any atom is -0.445 e. The molecule has 0 radical (unpaired) electrons. The first-order chi connectivity index (χ1) is 15.7. The molecule has 0 saturated carbocycles. The average Bonchev–Trinajstić information content (AvgIpc) is 3.11. The number of anilines is 2. The molecular formula is C24H28N6O2. The molecule has 2 atom stereocenters. The van der Waals surface area contributed by atoms with Gasteiger partial charge in [0.15, 0.2) is 0 Å². The molecule has 3 aliphatic rings. The van der Waals surface area contributed by atoms with Gasteiger partial charge in [-0.15, -0.1) is 0 Å². The number of pyridine rings is 1. The number of piperazine rings is 2. The summed E-state index contributed by atoms with van der Waals surface area (Å²) in [5, 5.41) is 13.1. The molecule has 2 bridgehead atoms. The predicted molar refractivity (Wildman–Crippen MR) is 122 cm³/mol. The minimum atomic E-state index is -0.279. The minimum absolute atomic E-state index is 0.279. The van der Waals surface area contributed by atoms with Gasteiger partial charge >= 0.3 is 6.09 Å². The number of hydrogen-bond donors (Lipinski definition) is 1. The monoisotopic (exact) mass is 432 g/mol. The maximum atomic E-state index is 12.5. The molecule has 8 heteroatoms. The molecule has 0 spiro atoms. The van der Waals surface area contributed by atoms with Crippen molar-refractivity contribution in [3.8, 4) is 6.07 Å². The molecule has 2 unspecified atom stereocenters. The van der Waals surface area contributed by atoms with Crippen molar-refractivity contribution in [2.45, 2.75) is 31.5 Å². The van der Waals surface area contributed by atoms with Gasteiger partial charge in [0, 0.05) is 63.1 Å². The van der Waals surface area contributed by atoms with Gasteiger partial charge in [-0.1, -0.05) is 30.3 Å². The summed E-state index contributed by atoms with van der Waals surface area (Å²) in [4.78, 5) is 23.5. The summed E-state index contributed by atoms with van der Waals surface area (Å²) in [6, 6.07) is 16.8. The number of amides is 1. The fourth-order valence-corrected chi connectivity index (χ4v) is 4.98. The van der Waals surface area contributed by atoms with Crippen molar-refractivity contribution in [3.05, 3.63) is 53.7 Å². The van der Waals surface area contributed by atoms with Crippen LogP contribution in [0.3, 0.4) is 0 Å². The van der Waals surface area contributed by atoms with Crippen LogP contribution in [0.5, 0.6) is 0 Å². The van der Waals surface area contributed by atoms with Crippen molar-refractivity contribution in [2.75, 3.05) is 49.1 Å². The number of ether oxygens (including phenoxy) is 1. The van der Waals surface area contributed by atoms with E-state index in [0.29, 0.717) is 44.0 Å². The van der Waals surface area contributed by atoms with E-state index in [1.54, 1.807) is 4.90 Å². The molecule has 32 heavy (non-hydrogen) atoms. The van der Waals surface area contributed by atoms with E-state index in [0.717, 1.165) is 43.0 Å². The van der Waals surface area contributed by atoms with Crippen LogP contribution in [0, 0.1) is 11.3 Å². The Bertz CT molecular complexity index is 983. The zero-order valence-corrected chi connectivity index (χ0v) is 18.1. The van der Waals surface area contributed by atoms with Crippen molar-refractivity contribution < 1.29 is 9.53 Å². The number of hydrogen-bond acceptors (Lipinski definition) is 7. The summed E-state index contributed by atoms with van der Waals surface area (Å²) in [5.74, 6) is 0.901. The maximum absolute atomic E-state index is 12.5. The number of nitrogens with zero attached hydrogens (tertiary/aromatic N) is 5. The van der Waals surface area contributed by atoms with Crippen LogP contribution >= 0.6 is 0 Å². The molecule has 8 nitrogen and oxygen atoms in total. The number of benzene rings is 1. The molecule has 1 aromatic heterocycles. The van der Waals surface area contributed by atoms with E-state index in [1.165, 1.54) is 0 Å². The van der Waals surface area contributed by atoms with Gasteiger partial charge in [-0.25, -0.2) is 9.78 Å². The zero-order chi connectivity index (χ0) is 21.9. The van der Waals surface area contributed by atoms with Crippen LogP contribution in [0.4, 0.5) is 16.3 Å². The first-order valence-electron chi connectivity index (χ1n) is 11.3. The van der Waals surface area contributed by atoms with Crippen LogP contribution in [0.15, 0.2) is 42.5 Å². The average molecular weight is 433 g/mol. The molecule has 3 aliphatic heterocycles. The smallest absolute Gasteiger partial charge is 0.410 e. The van der Waals surface area contributed by atoms with E-state index >= 15 is 0 Å². The van der Waals surface area contributed by atoms with E-state index in [2.05, 4.69) is 32.2 Å². The largest absolute Gasteiger partial charge is 0.445 e. The highest BCUT2D eigenvalue weighted by Gasteiger charge is 2.37. The highest BCUT2D eigenvalue weighted by atomic mass is 16.6. The third-order valence-electron chi connectivity index (χ3n) is 6.66. The van der Waals surface area contributed by atoms with Gasteiger partial charge in [-0.3, -0.25) is 0 Å². The van der Waals surface area contributed by atoms with Gasteiger partial charge in [-0.05, 0) is 24.5 Å². The number of fused-ring (bicyclic) bond motifs is 2. The lowest BCUT2D eigenvalue weighted by Gasteiger charge is -2.38. The Morgan fingerprint density at radius 3 is 2.50 bits per heavy atom. The quantitative estimate of drug-likeness (QED) is 0.794. The molecule has 3 saturated heterocycles. The molecule has 0 aliphatic carbocycles. The summed E-state index contributed by atoms with van der Waals surface area (Å²) < 4.78 is 5.48. The predicted octanol–water partition coefficient (Wildman–Crippen LogP) is 2.35. The Kier molecular flexibility index (Phi) is 5.82. The standard InChI is InChI=1S/C24H28N6O2/c25-14-19-12-22(13-23(27-19)30-20-6-7-21(30)16-26-15-20)28-8-10-29(11-9-28)24(31)32-17-18-4-2-1-3-5-18/h1-5,12-13,20-21,26H,6-11,15-17H2. The molecule has 3 fully saturated rings. The van der Waals surface area contributed by atoms with Gasteiger partial charge in [-0.2, -0.15) is 5.26 Å². The van der Waals surface area contributed by atoms with E-state index in [1.807, 2.05) is 36.4 Å². The summed E-state index contributed by atoms with van der Waals surface area (Å²) in [7, 11) is 0. The Hall–Kier alpha value is -3.31. The highest BCUT2D eigenvalue weighted by Crippen LogP contribution is 2.33. The van der Waals surface area contributed by atoms with Gasteiger partial charge in [0.25, 0.3) is 0 Å². The van der Waals surface area contributed by atoms with Crippen LogP contribution in [-0.2, 0) is 11.3 Å². The van der Waals surface area contributed by atoms with Crippen LogP contribution in [0.1, 0.15) is 24.1 Å². The summed E-state index contributed by atoms with van der Waals surface area (Å²) in [5.41, 5.74) is 2.43. The number of carbonyl (C=O) groups excluding carboxylic acids is 1. The van der Waals surface area contributed by atoms with E-state index in [-0.39, 0.29) is 12.7 Å². The third kappa shape index (κ3) is 4.21. The molecule has 4 heterocycles. The summed E-state index contributed by atoms with van der Waals surface area (Å²) >= 11 is 0. The van der Waals surface area contributed by atoms with Gasteiger partial charge in [0.2, 0.25) is 0 Å². The normalized spacial score (nSPS) is 22.5. The number of aromatic nitrogens is 1. The van der Waals surface area contributed by atoms with Crippen molar-refractivity contribution in [1.29, 1.82) is 5.26 Å². The first kappa shape index (κ1) is 20.6. The fourth-order valence-electron chi connectivity index (χ4n) is 4.98. The molecule has 1 N–H and O–H groups in total. The van der Waals surface area contributed by atoms with E-state index in [4.69, 9.17) is 4.74 Å². The number of nitrogens with one attached hydrogen (secondary N) is 1. The Labute approximate surface area is 188 Å². The second kappa shape index (κ2) is 9.05. The van der Waals surface area contributed by atoms with Crippen molar-refractivity contribution in [2.24, 2.45) is 0 Å². The molecule has 1 amide bonds. The molecule has 166 valence electrons. The summed E-state index contributed by atoms with van der Waals surface area (Å²) in [6.07, 6.45) is 2.05. The number of nitriles is 1. The lowest BCUT2D eigenvalue weighted by atomic mass is 10.2. The second-order valence-electron chi connectivity index (χ2n) is 8.65. The van der Waals surface area contributed by atoms with Crippen molar-refractivity contribution in [3.63, 3.8) is 0 Å². The lowest BCUT2D eigenvalue weighted by Crippen LogP contribution is -2.52. The second-order valence-corrected chi connectivity index (χ2v) is 8.65. The van der Waals surface area contributed by atoms with E-state index < -0.39 is 0 Å². The summed E-state index contributed by atoms with van der Waals surface area (Å²) in [6.45, 7) is 4.79. The van der Waals surface area contributed by atoms with Crippen molar-refractivity contribution >= 4 is 17.6 Å². The number of carbonyl (C=O) groups is 1. The molecule has 5 rings (SSSR count). The first-order valence-corrected chi connectivity index (χ1v) is 11.3. The van der Waals surface area contributed by atoms with Crippen LogP contribution in [-0.4, -0.2) is 67.3 Å². The van der Waals surface area contributed by atoms with Crippen LogP contribution in [0.25, 0.3) is 0 Å². The molecule has 1 aromatic carbocycles. The Morgan fingerprint density at radius 2 is 1.81 bits per heavy atom. The lowest BCUT2D eigenvalue weighted by molar-refractivity contribution is 0.0942. The Balaban J connectivity index is 1.23.